The first-order valence-corrected chi connectivity index (χ1v) is 6.56. The molecular formula is C14H22N2O. The Balaban J connectivity index is 1.74. The standard InChI is InChI=1S/C14H22N2O/c1-11-5-2-9-14(16-11)13(15)8-3-6-12-7-4-10-17-12/h2,5,9,12-13H,3-4,6-8,10,15H2,1H3. The van der Waals surface area contributed by atoms with Crippen LogP contribution < -0.4 is 5.73 Å². The third-order valence-electron chi connectivity index (χ3n) is 3.35. The number of hydrogen-bond acceptors (Lipinski definition) is 3. The third-order valence-corrected chi connectivity index (χ3v) is 3.35. The molecular weight excluding hydrogens is 212 g/mol. The molecule has 0 saturated carbocycles. The van der Waals surface area contributed by atoms with Crippen molar-refractivity contribution in [3.8, 4) is 0 Å². The molecule has 0 aliphatic carbocycles. The fourth-order valence-electron chi connectivity index (χ4n) is 2.36. The minimum atomic E-state index is 0.0660. The summed E-state index contributed by atoms with van der Waals surface area (Å²) < 4.78 is 5.60. The third kappa shape index (κ3) is 3.79. The number of ether oxygens (including phenoxy) is 1. The molecule has 3 nitrogen and oxygen atoms in total. The Kier molecular flexibility index (Phi) is 4.51. The number of pyridine rings is 1. The summed E-state index contributed by atoms with van der Waals surface area (Å²) in [5.74, 6) is 0. The van der Waals surface area contributed by atoms with Gasteiger partial charge in [-0.05, 0) is 51.2 Å². The van der Waals surface area contributed by atoms with Gasteiger partial charge in [-0.1, -0.05) is 6.07 Å². The second-order valence-corrected chi connectivity index (χ2v) is 4.88. The molecule has 2 atom stereocenters. The Morgan fingerprint density at radius 2 is 2.41 bits per heavy atom. The van der Waals surface area contributed by atoms with Crippen LogP contribution in [0.1, 0.15) is 49.5 Å². The highest BCUT2D eigenvalue weighted by Gasteiger charge is 2.15. The molecule has 1 aromatic rings. The Hall–Kier alpha value is -0.930. The average Bonchev–Trinajstić information content (AvgIpc) is 2.82. The highest BCUT2D eigenvalue weighted by Crippen LogP contribution is 2.21. The zero-order chi connectivity index (χ0) is 12.1. The van der Waals surface area contributed by atoms with Crippen molar-refractivity contribution >= 4 is 0 Å². The SMILES string of the molecule is Cc1cccc(C(N)CCCC2CCCO2)n1. The van der Waals surface area contributed by atoms with Gasteiger partial charge in [-0.25, -0.2) is 0 Å². The van der Waals surface area contributed by atoms with Crippen molar-refractivity contribution in [2.75, 3.05) is 6.61 Å². The van der Waals surface area contributed by atoms with Crippen molar-refractivity contribution < 1.29 is 4.74 Å². The normalized spacial score (nSPS) is 21.6. The van der Waals surface area contributed by atoms with Crippen LogP contribution in [0, 0.1) is 6.92 Å². The molecule has 1 saturated heterocycles. The van der Waals surface area contributed by atoms with Crippen LogP contribution >= 0.6 is 0 Å². The Bertz CT molecular complexity index is 348. The molecule has 0 bridgehead atoms. The summed E-state index contributed by atoms with van der Waals surface area (Å²) in [5, 5.41) is 0. The lowest BCUT2D eigenvalue weighted by molar-refractivity contribution is 0.101. The number of rotatable bonds is 5. The molecule has 1 aromatic heterocycles. The van der Waals surface area contributed by atoms with Gasteiger partial charge in [0.1, 0.15) is 0 Å². The van der Waals surface area contributed by atoms with Crippen molar-refractivity contribution in [3.05, 3.63) is 29.6 Å². The van der Waals surface area contributed by atoms with E-state index < -0.39 is 0 Å². The zero-order valence-corrected chi connectivity index (χ0v) is 10.6. The molecule has 94 valence electrons. The number of nitrogens with two attached hydrogens (primary N) is 1. The van der Waals surface area contributed by atoms with Crippen LogP contribution in [0.15, 0.2) is 18.2 Å². The first-order chi connectivity index (χ1) is 8.25. The van der Waals surface area contributed by atoms with E-state index in [-0.39, 0.29) is 6.04 Å². The Morgan fingerprint density at radius 3 is 3.12 bits per heavy atom. The molecule has 0 radical (unpaired) electrons. The van der Waals surface area contributed by atoms with Crippen LogP contribution in [0.5, 0.6) is 0 Å². The van der Waals surface area contributed by atoms with Crippen molar-refractivity contribution in [3.63, 3.8) is 0 Å². The Morgan fingerprint density at radius 1 is 1.53 bits per heavy atom. The van der Waals surface area contributed by atoms with Gasteiger partial charge in [0.25, 0.3) is 0 Å². The fourth-order valence-corrected chi connectivity index (χ4v) is 2.36. The Labute approximate surface area is 103 Å². The van der Waals surface area contributed by atoms with E-state index in [1.165, 1.54) is 12.8 Å². The van der Waals surface area contributed by atoms with Gasteiger partial charge < -0.3 is 10.5 Å². The predicted molar refractivity (Wildman–Crippen MR) is 68.7 cm³/mol. The summed E-state index contributed by atoms with van der Waals surface area (Å²) in [6.45, 7) is 2.94. The minimum Gasteiger partial charge on any atom is -0.378 e. The largest absolute Gasteiger partial charge is 0.378 e. The zero-order valence-electron chi connectivity index (χ0n) is 10.6. The number of nitrogens with zero attached hydrogens (tertiary/aromatic N) is 1. The molecule has 1 fully saturated rings. The average molecular weight is 234 g/mol. The van der Waals surface area contributed by atoms with Gasteiger partial charge in [0, 0.05) is 18.3 Å². The maximum Gasteiger partial charge on any atom is 0.0576 e. The van der Waals surface area contributed by atoms with Crippen LogP contribution in [-0.4, -0.2) is 17.7 Å². The smallest absolute Gasteiger partial charge is 0.0576 e. The molecule has 3 heteroatoms. The highest BCUT2D eigenvalue weighted by molar-refractivity contribution is 5.12. The summed E-state index contributed by atoms with van der Waals surface area (Å²) in [6.07, 6.45) is 6.18. The lowest BCUT2D eigenvalue weighted by Gasteiger charge is -2.13. The monoisotopic (exact) mass is 234 g/mol. The minimum absolute atomic E-state index is 0.0660. The summed E-state index contributed by atoms with van der Waals surface area (Å²) >= 11 is 0. The molecule has 2 N–H and O–H groups in total. The van der Waals surface area contributed by atoms with Crippen LogP contribution in [0.25, 0.3) is 0 Å². The van der Waals surface area contributed by atoms with E-state index in [2.05, 4.69) is 4.98 Å². The summed E-state index contributed by atoms with van der Waals surface area (Å²) in [6, 6.07) is 6.11. The molecule has 0 aromatic carbocycles. The van der Waals surface area contributed by atoms with Crippen LogP contribution in [0.4, 0.5) is 0 Å². The number of aryl methyl sites for hydroxylation is 1. The van der Waals surface area contributed by atoms with E-state index in [0.29, 0.717) is 6.10 Å². The van der Waals surface area contributed by atoms with E-state index in [1.807, 2.05) is 25.1 Å². The first kappa shape index (κ1) is 12.5. The van der Waals surface area contributed by atoms with Crippen molar-refractivity contribution in [2.45, 2.75) is 51.2 Å². The fraction of sp³-hybridized carbons (Fsp3) is 0.643. The topological polar surface area (TPSA) is 48.1 Å². The quantitative estimate of drug-likeness (QED) is 0.852. The molecule has 2 rings (SSSR count). The van der Waals surface area contributed by atoms with E-state index in [4.69, 9.17) is 10.5 Å². The maximum atomic E-state index is 6.15. The van der Waals surface area contributed by atoms with E-state index >= 15 is 0 Å². The van der Waals surface area contributed by atoms with Gasteiger partial charge in [-0.2, -0.15) is 0 Å². The molecule has 0 spiro atoms. The lowest BCUT2D eigenvalue weighted by atomic mass is 10.0. The predicted octanol–water partition coefficient (Wildman–Crippen LogP) is 2.74. The van der Waals surface area contributed by atoms with Gasteiger partial charge in [0.2, 0.25) is 0 Å². The van der Waals surface area contributed by atoms with Gasteiger partial charge in [0.15, 0.2) is 0 Å². The van der Waals surface area contributed by atoms with E-state index in [9.17, 15) is 0 Å². The van der Waals surface area contributed by atoms with E-state index in [1.54, 1.807) is 0 Å². The summed E-state index contributed by atoms with van der Waals surface area (Å²) in [7, 11) is 0. The molecule has 2 unspecified atom stereocenters. The van der Waals surface area contributed by atoms with Crippen molar-refractivity contribution in [2.24, 2.45) is 5.73 Å². The van der Waals surface area contributed by atoms with E-state index in [0.717, 1.165) is 37.3 Å². The van der Waals surface area contributed by atoms with Crippen LogP contribution in [0.2, 0.25) is 0 Å². The molecule has 2 heterocycles. The number of aromatic nitrogens is 1. The molecule has 1 aliphatic heterocycles. The van der Waals surface area contributed by atoms with Gasteiger partial charge in [-0.3, -0.25) is 4.98 Å². The highest BCUT2D eigenvalue weighted by atomic mass is 16.5. The van der Waals surface area contributed by atoms with Crippen LogP contribution in [0.3, 0.4) is 0 Å². The second-order valence-electron chi connectivity index (χ2n) is 4.88. The van der Waals surface area contributed by atoms with Crippen molar-refractivity contribution in [1.82, 2.24) is 4.98 Å². The summed E-state index contributed by atoms with van der Waals surface area (Å²) in [4.78, 5) is 4.47. The molecule has 1 aliphatic rings. The number of hydrogen-bond donors (Lipinski definition) is 1. The van der Waals surface area contributed by atoms with Gasteiger partial charge >= 0.3 is 0 Å². The van der Waals surface area contributed by atoms with Gasteiger partial charge in [-0.15, -0.1) is 0 Å². The van der Waals surface area contributed by atoms with Gasteiger partial charge in [0.05, 0.1) is 11.8 Å². The second kappa shape index (κ2) is 6.12. The lowest BCUT2D eigenvalue weighted by Crippen LogP contribution is -2.13. The molecule has 17 heavy (non-hydrogen) atoms. The van der Waals surface area contributed by atoms with Crippen molar-refractivity contribution in [1.29, 1.82) is 0 Å². The molecule has 0 amide bonds. The van der Waals surface area contributed by atoms with Crippen LogP contribution in [-0.2, 0) is 4.74 Å². The summed E-state index contributed by atoms with van der Waals surface area (Å²) in [5.41, 5.74) is 8.20. The maximum absolute atomic E-state index is 6.15. The first-order valence-electron chi connectivity index (χ1n) is 6.56.